The Kier molecular flexibility index (Phi) is 4.33. The van der Waals surface area contributed by atoms with Crippen LogP contribution in [0.15, 0.2) is 42.5 Å². The van der Waals surface area contributed by atoms with Gasteiger partial charge in [-0.3, -0.25) is 14.9 Å². The maximum Gasteiger partial charge on any atom is 0.269 e. The lowest BCUT2D eigenvalue weighted by Gasteiger charge is -2.29. The van der Waals surface area contributed by atoms with E-state index in [4.69, 9.17) is 0 Å². The van der Waals surface area contributed by atoms with Crippen molar-refractivity contribution < 1.29 is 9.72 Å². The number of hydrogen-bond donors (Lipinski definition) is 0. The molecule has 2 aromatic rings. The van der Waals surface area contributed by atoms with Crippen LogP contribution in [0.3, 0.4) is 0 Å². The molecule has 0 aromatic heterocycles. The van der Waals surface area contributed by atoms with Crippen molar-refractivity contribution in [2.45, 2.75) is 45.6 Å². The van der Waals surface area contributed by atoms with Gasteiger partial charge in [0.25, 0.3) is 5.69 Å². The average Bonchev–Trinajstić information content (AvgIpc) is 2.56. The minimum absolute atomic E-state index is 0.0567. The second-order valence-electron chi connectivity index (χ2n) is 7.50. The Morgan fingerprint density at radius 1 is 1.08 bits per heavy atom. The van der Waals surface area contributed by atoms with Gasteiger partial charge in [-0.1, -0.05) is 45.0 Å². The number of aryl methyl sites for hydroxylation is 1. The van der Waals surface area contributed by atoms with Crippen LogP contribution in [0.5, 0.6) is 0 Å². The van der Waals surface area contributed by atoms with Crippen LogP contribution in [0.1, 0.15) is 43.9 Å². The molecule has 2 aromatic carbocycles. The number of fused-ring (bicyclic) bond motifs is 1. The van der Waals surface area contributed by atoms with E-state index in [-0.39, 0.29) is 17.0 Å². The number of hydrogen-bond acceptors (Lipinski definition) is 3. The van der Waals surface area contributed by atoms with E-state index < -0.39 is 4.92 Å². The van der Waals surface area contributed by atoms with E-state index in [1.807, 2.05) is 12.1 Å². The lowest BCUT2D eigenvalue weighted by Crippen LogP contribution is -2.34. The van der Waals surface area contributed by atoms with Gasteiger partial charge in [0.05, 0.1) is 11.5 Å². The van der Waals surface area contributed by atoms with Gasteiger partial charge in [0.2, 0.25) is 5.91 Å². The molecule has 0 fully saturated rings. The molecule has 0 radical (unpaired) electrons. The van der Waals surface area contributed by atoms with Crippen LogP contribution < -0.4 is 4.90 Å². The van der Waals surface area contributed by atoms with Gasteiger partial charge in [0, 0.05) is 24.2 Å². The topological polar surface area (TPSA) is 63.5 Å². The fourth-order valence-corrected chi connectivity index (χ4v) is 3.13. The minimum Gasteiger partial charge on any atom is -0.308 e. The van der Waals surface area contributed by atoms with Crippen LogP contribution in [0.4, 0.5) is 11.4 Å². The molecule has 25 heavy (non-hydrogen) atoms. The third-order valence-electron chi connectivity index (χ3n) is 4.63. The van der Waals surface area contributed by atoms with Gasteiger partial charge in [-0.15, -0.1) is 0 Å². The van der Waals surface area contributed by atoms with Crippen LogP contribution in [-0.2, 0) is 23.2 Å². The van der Waals surface area contributed by atoms with Crippen LogP contribution in [-0.4, -0.2) is 10.8 Å². The number of non-ortho nitro benzene ring substituents is 1. The summed E-state index contributed by atoms with van der Waals surface area (Å²) in [7, 11) is 0. The Hall–Kier alpha value is -2.69. The molecule has 1 amide bonds. The van der Waals surface area contributed by atoms with Crippen LogP contribution in [0.2, 0.25) is 0 Å². The summed E-state index contributed by atoms with van der Waals surface area (Å²) in [5, 5.41) is 11.0. The number of rotatable bonds is 3. The lowest BCUT2D eigenvalue weighted by molar-refractivity contribution is -0.384. The standard InChI is InChI=1S/C20H22N2O3/c1-20(2,3)16-7-4-14(5-8-16)13-21-18-10-9-17(22(24)25)12-15(18)6-11-19(21)23/h4-5,7-10,12H,6,11,13H2,1-3H3. The van der Waals surface area contributed by atoms with Crippen LogP contribution in [0.25, 0.3) is 0 Å². The predicted octanol–water partition coefficient (Wildman–Crippen LogP) is 4.37. The van der Waals surface area contributed by atoms with Crippen LogP contribution in [0, 0.1) is 10.1 Å². The number of nitro groups is 1. The second-order valence-corrected chi connectivity index (χ2v) is 7.50. The highest BCUT2D eigenvalue weighted by Crippen LogP contribution is 2.32. The Morgan fingerprint density at radius 3 is 2.36 bits per heavy atom. The van der Waals surface area contributed by atoms with Gasteiger partial charge in [-0.25, -0.2) is 0 Å². The van der Waals surface area contributed by atoms with E-state index >= 15 is 0 Å². The Bertz CT molecular complexity index is 820. The summed E-state index contributed by atoms with van der Waals surface area (Å²) >= 11 is 0. The number of nitro benzene ring substituents is 1. The van der Waals surface area contributed by atoms with Crippen molar-refractivity contribution in [1.82, 2.24) is 0 Å². The van der Waals surface area contributed by atoms with E-state index in [2.05, 4.69) is 32.9 Å². The first kappa shape index (κ1) is 17.1. The molecule has 0 atom stereocenters. The maximum absolute atomic E-state index is 12.4. The Labute approximate surface area is 147 Å². The summed E-state index contributed by atoms with van der Waals surface area (Å²) in [6, 6.07) is 13.0. The molecule has 0 spiro atoms. The molecule has 1 aliphatic rings. The highest BCUT2D eigenvalue weighted by atomic mass is 16.6. The number of benzene rings is 2. The van der Waals surface area contributed by atoms with Gasteiger partial charge >= 0.3 is 0 Å². The molecule has 0 N–H and O–H groups in total. The van der Waals surface area contributed by atoms with Crippen LogP contribution >= 0.6 is 0 Å². The summed E-state index contributed by atoms with van der Waals surface area (Å²) in [5.41, 5.74) is 4.10. The number of amides is 1. The molecular formula is C20H22N2O3. The third kappa shape index (κ3) is 3.55. The highest BCUT2D eigenvalue weighted by Gasteiger charge is 2.26. The van der Waals surface area contributed by atoms with Crippen molar-refractivity contribution in [2.75, 3.05) is 4.90 Å². The van der Waals surface area contributed by atoms with E-state index in [9.17, 15) is 14.9 Å². The van der Waals surface area contributed by atoms with Gasteiger partial charge in [0.1, 0.15) is 0 Å². The van der Waals surface area contributed by atoms with Crippen molar-refractivity contribution in [2.24, 2.45) is 0 Å². The first-order valence-corrected chi connectivity index (χ1v) is 8.43. The molecule has 5 heteroatoms. The predicted molar refractivity (Wildman–Crippen MR) is 97.7 cm³/mol. The van der Waals surface area contributed by atoms with Crippen molar-refractivity contribution in [3.8, 4) is 0 Å². The maximum atomic E-state index is 12.4. The summed E-state index contributed by atoms with van der Waals surface area (Å²) in [5.74, 6) is 0.0567. The van der Waals surface area contributed by atoms with Gasteiger partial charge in [0.15, 0.2) is 0 Å². The number of carbonyl (C=O) groups is 1. The largest absolute Gasteiger partial charge is 0.308 e. The van der Waals surface area contributed by atoms with Crippen molar-refractivity contribution in [3.05, 3.63) is 69.3 Å². The van der Waals surface area contributed by atoms with Gasteiger partial charge in [-0.2, -0.15) is 0 Å². The monoisotopic (exact) mass is 338 g/mol. The molecule has 0 unspecified atom stereocenters. The summed E-state index contributed by atoms with van der Waals surface area (Å²) in [6.45, 7) is 6.98. The zero-order valence-corrected chi connectivity index (χ0v) is 14.8. The number of nitrogens with zero attached hydrogens (tertiary/aromatic N) is 2. The zero-order valence-electron chi connectivity index (χ0n) is 14.8. The fourth-order valence-electron chi connectivity index (χ4n) is 3.13. The first-order valence-electron chi connectivity index (χ1n) is 8.43. The number of carbonyl (C=O) groups excluding carboxylic acids is 1. The molecule has 0 saturated carbocycles. The van der Waals surface area contributed by atoms with E-state index in [0.29, 0.717) is 19.4 Å². The molecular weight excluding hydrogens is 316 g/mol. The van der Waals surface area contributed by atoms with Crippen molar-refractivity contribution >= 4 is 17.3 Å². The van der Waals surface area contributed by atoms with Crippen molar-refractivity contribution in [1.29, 1.82) is 0 Å². The van der Waals surface area contributed by atoms with E-state index in [1.165, 1.54) is 11.6 Å². The molecule has 1 aliphatic heterocycles. The molecule has 3 rings (SSSR count). The van der Waals surface area contributed by atoms with E-state index in [0.717, 1.165) is 16.8 Å². The third-order valence-corrected chi connectivity index (χ3v) is 4.63. The second kappa shape index (κ2) is 6.31. The smallest absolute Gasteiger partial charge is 0.269 e. The Morgan fingerprint density at radius 2 is 1.76 bits per heavy atom. The molecule has 0 aliphatic carbocycles. The fraction of sp³-hybridized carbons (Fsp3) is 0.350. The lowest BCUT2D eigenvalue weighted by atomic mass is 9.86. The molecule has 1 heterocycles. The first-order chi connectivity index (χ1) is 11.8. The van der Waals surface area contributed by atoms with Gasteiger partial charge < -0.3 is 4.90 Å². The normalized spacial score (nSPS) is 14.4. The molecule has 130 valence electrons. The quantitative estimate of drug-likeness (QED) is 0.616. The van der Waals surface area contributed by atoms with Crippen molar-refractivity contribution in [3.63, 3.8) is 0 Å². The number of anilines is 1. The molecule has 0 bridgehead atoms. The summed E-state index contributed by atoms with van der Waals surface area (Å²) in [4.78, 5) is 24.7. The highest BCUT2D eigenvalue weighted by molar-refractivity contribution is 5.96. The Balaban J connectivity index is 1.88. The SMILES string of the molecule is CC(C)(C)c1ccc(CN2C(=O)CCc3cc([N+](=O)[O-])ccc32)cc1. The van der Waals surface area contributed by atoms with E-state index in [1.54, 1.807) is 17.0 Å². The average molecular weight is 338 g/mol. The molecule has 5 nitrogen and oxygen atoms in total. The summed E-state index contributed by atoms with van der Waals surface area (Å²) < 4.78 is 0. The molecule has 0 saturated heterocycles. The minimum atomic E-state index is -0.397. The van der Waals surface area contributed by atoms with Gasteiger partial charge in [-0.05, 0) is 34.6 Å². The zero-order chi connectivity index (χ0) is 18.2. The summed E-state index contributed by atoms with van der Waals surface area (Å²) in [6.07, 6.45) is 0.934.